The first kappa shape index (κ1) is 12.3. The minimum absolute atomic E-state index is 0.765. The monoisotopic (exact) mass is 250 g/mol. The van der Waals surface area contributed by atoms with Crippen molar-refractivity contribution in [2.24, 2.45) is 0 Å². The van der Waals surface area contributed by atoms with Gasteiger partial charge in [-0.25, -0.2) is 4.98 Å². The second-order valence-corrected chi connectivity index (χ2v) is 5.10. The lowest BCUT2D eigenvalue weighted by Gasteiger charge is -1.99. The third kappa shape index (κ3) is 3.41. The minimum atomic E-state index is 0.765. The number of hydrogen-bond acceptors (Lipinski definition) is 4. The molecule has 4 heteroatoms. The predicted octanol–water partition coefficient (Wildman–Crippen LogP) is 3.15. The average molecular weight is 250 g/mol. The molecule has 92 valence electrons. The van der Waals surface area contributed by atoms with Crippen LogP contribution in [0.1, 0.15) is 35.3 Å². The Kier molecular flexibility index (Phi) is 4.34. The molecule has 2 aromatic rings. The molecule has 0 aromatic carbocycles. The highest BCUT2D eigenvalue weighted by Crippen LogP contribution is 2.13. The van der Waals surface area contributed by atoms with Crippen LogP contribution >= 0.6 is 11.3 Å². The van der Waals surface area contributed by atoms with E-state index < -0.39 is 0 Å². The molecule has 0 saturated heterocycles. The standard InChI is InChI=1S/C13H18N2OS/c1-3-10-5-6-11(16-10)7-14-9-13-15-8-12(4-2)17-13/h5-6,8,14H,3-4,7,9H2,1-2H3. The van der Waals surface area contributed by atoms with Gasteiger partial charge in [-0.1, -0.05) is 13.8 Å². The summed E-state index contributed by atoms with van der Waals surface area (Å²) in [5.41, 5.74) is 0. The molecule has 0 radical (unpaired) electrons. The summed E-state index contributed by atoms with van der Waals surface area (Å²) in [6, 6.07) is 4.07. The second-order valence-electron chi connectivity index (χ2n) is 3.90. The molecular weight excluding hydrogens is 232 g/mol. The van der Waals surface area contributed by atoms with Crippen LogP contribution in [0.5, 0.6) is 0 Å². The van der Waals surface area contributed by atoms with Crippen LogP contribution in [0.4, 0.5) is 0 Å². The largest absolute Gasteiger partial charge is 0.465 e. The average Bonchev–Trinajstić information content (AvgIpc) is 2.97. The first-order chi connectivity index (χ1) is 8.31. The molecule has 0 atom stereocenters. The molecule has 0 aliphatic rings. The Morgan fingerprint density at radius 3 is 2.65 bits per heavy atom. The van der Waals surface area contributed by atoms with Crippen molar-refractivity contribution in [2.75, 3.05) is 0 Å². The molecule has 2 heterocycles. The van der Waals surface area contributed by atoms with Crippen LogP contribution in [0.25, 0.3) is 0 Å². The van der Waals surface area contributed by atoms with Crippen LogP contribution in [0.15, 0.2) is 22.7 Å². The third-order valence-electron chi connectivity index (χ3n) is 2.59. The van der Waals surface area contributed by atoms with Gasteiger partial charge in [0.15, 0.2) is 0 Å². The van der Waals surface area contributed by atoms with E-state index >= 15 is 0 Å². The maximum Gasteiger partial charge on any atom is 0.117 e. The zero-order valence-corrected chi connectivity index (χ0v) is 11.1. The first-order valence-electron chi connectivity index (χ1n) is 6.03. The van der Waals surface area contributed by atoms with E-state index in [4.69, 9.17) is 4.42 Å². The molecule has 0 unspecified atom stereocenters. The van der Waals surface area contributed by atoms with Gasteiger partial charge in [-0.2, -0.15) is 0 Å². The molecular formula is C13H18N2OS. The molecule has 3 nitrogen and oxygen atoms in total. The lowest BCUT2D eigenvalue weighted by molar-refractivity contribution is 0.450. The zero-order chi connectivity index (χ0) is 12.1. The molecule has 0 aliphatic heterocycles. The molecule has 0 fully saturated rings. The van der Waals surface area contributed by atoms with E-state index in [1.165, 1.54) is 4.88 Å². The molecule has 0 bridgehead atoms. The van der Waals surface area contributed by atoms with Gasteiger partial charge in [0.25, 0.3) is 0 Å². The van der Waals surface area contributed by atoms with E-state index in [-0.39, 0.29) is 0 Å². The summed E-state index contributed by atoms with van der Waals surface area (Å²) in [5.74, 6) is 2.04. The summed E-state index contributed by atoms with van der Waals surface area (Å²) in [4.78, 5) is 5.71. The van der Waals surface area contributed by atoms with Crippen LogP contribution in [0.3, 0.4) is 0 Å². The van der Waals surface area contributed by atoms with E-state index in [2.05, 4.69) is 24.1 Å². The number of furan rings is 1. The molecule has 2 aromatic heterocycles. The quantitative estimate of drug-likeness (QED) is 0.856. The lowest BCUT2D eigenvalue weighted by Crippen LogP contribution is -2.11. The van der Waals surface area contributed by atoms with Crippen molar-refractivity contribution in [3.8, 4) is 0 Å². The van der Waals surface area contributed by atoms with E-state index in [9.17, 15) is 0 Å². The molecule has 0 aliphatic carbocycles. The maximum absolute atomic E-state index is 5.62. The Labute approximate surface area is 106 Å². The second kappa shape index (κ2) is 5.98. The topological polar surface area (TPSA) is 38.1 Å². The Balaban J connectivity index is 1.79. The van der Waals surface area contributed by atoms with E-state index in [1.54, 1.807) is 11.3 Å². The zero-order valence-electron chi connectivity index (χ0n) is 10.3. The van der Waals surface area contributed by atoms with Crippen LogP contribution in [-0.2, 0) is 25.9 Å². The smallest absolute Gasteiger partial charge is 0.117 e. The molecule has 0 spiro atoms. The number of nitrogens with zero attached hydrogens (tertiary/aromatic N) is 1. The molecule has 2 rings (SSSR count). The first-order valence-corrected chi connectivity index (χ1v) is 6.85. The fraction of sp³-hybridized carbons (Fsp3) is 0.462. The summed E-state index contributed by atoms with van der Waals surface area (Å²) in [6.07, 6.45) is 3.98. The molecule has 0 saturated carbocycles. The van der Waals surface area contributed by atoms with Gasteiger partial charge in [0, 0.05) is 24.0 Å². The lowest BCUT2D eigenvalue weighted by atomic mass is 10.3. The number of aryl methyl sites for hydroxylation is 2. The van der Waals surface area contributed by atoms with Gasteiger partial charge in [0.05, 0.1) is 6.54 Å². The fourth-order valence-electron chi connectivity index (χ4n) is 1.59. The van der Waals surface area contributed by atoms with Gasteiger partial charge < -0.3 is 9.73 Å². The Morgan fingerprint density at radius 2 is 2.00 bits per heavy atom. The van der Waals surface area contributed by atoms with Crippen molar-refractivity contribution in [1.82, 2.24) is 10.3 Å². The highest BCUT2D eigenvalue weighted by molar-refractivity contribution is 7.11. The Morgan fingerprint density at radius 1 is 1.18 bits per heavy atom. The molecule has 0 amide bonds. The van der Waals surface area contributed by atoms with Crippen molar-refractivity contribution >= 4 is 11.3 Å². The van der Waals surface area contributed by atoms with Gasteiger partial charge in [0.1, 0.15) is 16.5 Å². The third-order valence-corrected chi connectivity index (χ3v) is 3.73. The van der Waals surface area contributed by atoms with E-state index in [0.717, 1.165) is 42.5 Å². The summed E-state index contributed by atoms with van der Waals surface area (Å²) in [5, 5.41) is 4.49. The van der Waals surface area contributed by atoms with Gasteiger partial charge in [-0.05, 0) is 18.6 Å². The number of aromatic nitrogens is 1. The van der Waals surface area contributed by atoms with Crippen molar-refractivity contribution in [3.05, 3.63) is 39.7 Å². The highest BCUT2D eigenvalue weighted by Gasteiger charge is 2.02. The summed E-state index contributed by atoms with van der Waals surface area (Å²) < 4.78 is 5.62. The molecule has 17 heavy (non-hydrogen) atoms. The van der Waals surface area contributed by atoms with Gasteiger partial charge >= 0.3 is 0 Å². The Hall–Kier alpha value is -1.13. The SMILES string of the molecule is CCc1ccc(CNCc2ncc(CC)s2)o1. The van der Waals surface area contributed by atoms with Crippen molar-refractivity contribution in [3.63, 3.8) is 0 Å². The van der Waals surface area contributed by atoms with Gasteiger partial charge in [-0.3, -0.25) is 0 Å². The normalized spacial score (nSPS) is 10.9. The Bertz CT molecular complexity index is 419. The fourth-order valence-corrected chi connectivity index (χ4v) is 2.43. The summed E-state index contributed by atoms with van der Waals surface area (Å²) in [7, 11) is 0. The van der Waals surface area contributed by atoms with Gasteiger partial charge in [0.2, 0.25) is 0 Å². The number of rotatable bonds is 6. The maximum atomic E-state index is 5.62. The van der Waals surface area contributed by atoms with Crippen LogP contribution in [0, 0.1) is 0 Å². The number of hydrogen-bond donors (Lipinski definition) is 1. The highest BCUT2D eigenvalue weighted by atomic mass is 32.1. The van der Waals surface area contributed by atoms with Crippen molar-refractivity contribution in [2.45, 2.75) is 39.8 Å². The van der Waals surface area contributed by atoms with Crippen molar-refractivity contribution < 1.29 is 4.42 Å². The number of thiazole rings is 1. The number of nitrogens with one attached hydrogen (secondary N) is 1. The van der Waals surface area contributed by atoms with Crippen molar-refractivity contribution in [1.29, 1.82) is 0 Å². The predicted molar refractivity (Wildman–Crippen MR) is 70.1 cm³/mol. The van der Waals surface area contributed by atoms with Gasteiger partial charge in [-0.15, -0.1) is 11.3 Å². The van der Waals surface area contributed by atoms with Crippen LogP contribution < -0.4 is 5.32 Å². The summed E-state index contributed by atoms with van der Waals surface area (Å²) in [6.45, 7) is 5.82. The van der Waals surface area contributed by atoms with E-state index in [0.29, 0.717) is 0 Å². The van der Waals surface area contributed by atoms with Crippen LogP contribution in [0.2, 0.25) is 0 Å². The molecule has 1 N–H and O–H groups in total. The van der Waals surface area contributed by atoms with Crippen LogP contribution in [-0.4, -0.2) is 4.98 Å². The summed E-state index contributed by atoms with van der Waals surface area (Å²) >= 11 is 1.77. The minimum Gasteiger partial charge on any atom is -0.465 e. The van der Waals surface area contributed by atoms with E-state index in [1.807, 2.05) is 18.3 Å².